The lowest BCUT2D eigenvalue weighted by Gasteiger charge is -2.35. The van der Waals surface area contributed by atoms with E-state index in [9.17, 15) is 24.3 Å². The first-order valence-electron chi connectivity index (χ1n) is 18.6. The van der Waals surface area contributed by atoms with Crippen molar-refractivity contribution in [3.8, 4) is 17.4 Å². The number of nitrogens with zero attached hydrogens (tertiary/aromatic N) is 2. The molecule has 53 heavy (non-hydrogen) atoms. The van der Waals surface area contributed by atoms with E-state index < -0.39 is 53.0 Å². The summed E-state index contributed by atoms with van der Waals surface area (Å²) in [5.74, 6) is -0.208. The minimum absolute atomic E-state index is 0.0246. The van der Waals surface area contributed by atoms with E-state index in [1.54, 1.807) is 25.3 Å². The molecule has 15 heteroatoms. The maximum Gasteiger partial charge on any atom is 0.408 e. The fraction of sp³-hybridized carbons (Fsp3) is 0.658. The Hall–Kier alpha value is -4.04. The van der Waals surface area contributed by atoms with E-state index in [1.807, 2.05) is 34.6 Å². The SMILES string of the molecule is CCOc1cc(O[C@@H]2C[C@@H](C(=O)N[C@]3(C(=O)O)C[C@H]3CC)N(C(=O)[C@@H](NC(=O)OC3C[C@@H]4C[C@@H]4C3)C(C)(C)C)C2)c2ccc(OCCOC)c(Cl)c2n1. The van der Waals surface area contributed by atoms with Gasteiger partial charge >= 0.3 is 12.1 Å². The van der Waals surface area contributed by atoms with Crippen molar-refractivity contribution in [2.45, 2.75) is 103 Å². The second kappa shape index (κ2) is 15.4. The number of alkyl carbamates (subject to hydrolysis) is 1. The van der Waals surface area contributed by atoms with Crippen molar-refractivity contribution in [3.05, 3.63) is 23.2 Å². The van der Waals surface area contributed by atoms with Crippen LogP contribution < -0.4 is 24.8 Å². The minimum atomic E-state index is -1.40. The predicted octanol–water partition coefficient (Wildman–Crippen LogP) is 4.97. The molecule has 3 N–H and O–H groups in total. The van der Waals surface area contributed by atoms with E-state index in [0.717, 1.165) is 12.8 Å². The van der Waals surface area contributed by atoms with Gasteiger partial charge in [0.1, 0.15) is 58.5 Å². The number of carboxylic acid groups (broad SMARTS) is 1. The predicted molar refractivity (Wildman–Crippen MR) is 194 cm³/mol. The van der Waals surface area contributed by atoms with Crippen LogP contribution in [0.3, 0.4) is 0 Å². The number of fused-ring (bicyclic) bond motifs is 2. The number of halogens is 1. The molecule has 0 spiro atoms. The number of ether oxygens (including phenoxy) is 5. The van der Waals surface area contributed by atoms with Crippen molar-refractivity contribution in [2.24, 2.45) is 23.2 Å². The summed E-state index contributed by atoms with van der Waals surface area (Å²) < 4.78 is 28.9. The van der Waals surface area contributed by atoms with Gasteiger partial charge in [-0.05, 0) is 67.9 Å². The Labute approximate surface area is 314 Å². The molecule has 1 unspecified atom stereocenters. The lowest BCUT2D eigenvalue weighted by Crippen LogP contribution is -2.59. The molecule has 14 nitrogen and oxygen atoms in total. The topological polar surface area (TPSA) is 175 Å². The number of likely N-dealkylation sites (tertiary alicyclic amines) is 1. The molecule has 2 aromatic rings. The van der Waals surface area contributed by atoms with E-state index >= 15 is 0 Å². The number of amides is 3. The first-order chi connectivity index (χ1) is 25.2. The molecule has 4 fully saturated rings. The van der Waals surface area contributed by atoms with Crippen LogP contribution in [-0.2, 0) is 23.9 Å². The number of hydrogen-bond acceptors (Lipinski definition) is 10. The summed E-state index contributed by atoms with van der Waals surface area (Å²) in [6.07, 6.45) is 2.17. The van der Waals surface area contributed by atoms with Crippen molar-refractivity contribution in [2.75, 3.05) is 33.5 Å². The number of methoxy groups -OCH3 is 1. The maximum atomic E-state index is 14.5. The zero-order chi connectivity index (χ0) is 38.2. The monoisotopic (exact) mass is 758 g/mol. The summed E-state index contributed by atoms with van der Waals surface area (Å²) in [6.45, 7) is 10.1. The smallest absolute Gasteiger partial charge is 0.408 e. The lowest BCUT2D eigenvalue weighted by molar-refractivity contribution is -0.146. The van der Waals surface area contributed by atoms with Crippen LogP contribution >= 0.6 is 11.6 Å². The lowest BCUT2D eigenvalue weighted by atomic mass is 9.85. The van der Waals surface area contributed by atoms with Crippen molar-refractivity contribution >= 4 is 46.4 Å². The second-order valence-corrected chi connectivity index (χ2v) is 16.1. The summed E-state index contributed by atoms with van der Waals surface area (Å²) in [5, 5.41) is 16.5. The first kappa shape index (κ1) is 38.7. The number of aliphatic carboxylic acids is 1. The molecule has 3 aliphatic carbocycles. The highest BCUT2D eigenvalue weighted by molar-refractivity contribution is 6.36. The molecule has 290 valence electrons. The fourth-order valence-corrected chi connectivity index (χ4v) is 8.14. The zero-order valence-electron chi connectivity index (χ0n) is 31.2. The van der Waals surface area contributed by atoms with Gasteiger partial charge in [-0.2, -0.15) is 0 Å². The molecule has 1 aromatic heterocycles. The molecule has 6 rings (SSSR count). The number of nitrogens with one attached hydrogen (secondary N) is 2. The van der Waals surface area contributed by atoms with E-state index in [0.29, 0.717) is 60.3 Å². The van der Waals surface area contributed by atoms with E-state index in [2.05, 4.69) is 15.6 Å². The number of aromatic nitrogens is 1. The molecule has 3 amide bonds. The molecule has 8 atom stereocenters. The van der Waals surface area contributed by atoms with Crippen LogP contribution in [0.15, 0.2) is 18.2 Å². The van der Waals surface area contributed by atoms with E-state index in [1.165, 1.54) is 11.3 Å². The van der Waals surface area contributed by atoms with Crippen molar-refractivity contribution in [1.82, 2.24) is 20.5 Å². The summed E-state index contributed by atoms with van der Waals surface area (Å²) in [7, 11) is 1.57. The van der Waals surface area contributed by atoms with Gasteiger partial charge in [-0.25, -0.2) is 14.6 Å². The summed E-state index contributed by atoms with van der Waals surface area (Å²) >= 11 is 6.77. The zero-order valence-corrected chi connectivity index (χ0v) is 32.0. The van der Waals surface area contributed by atoms with Gasteiger partial charge < -0.3 is 44.3 Å². The van der Waals surface area contributed by atoms with Crippen molar-refractivity contribution in [1.29, 1.82) is 0 Å². The Morgan fingerprint density at radius 3 is 2.40 bits per heavy atom. The maximum absolute atomic E-state index is 14.5. The largest absolute Gasteiger partial charge is 0.490 e. The molecule has 1 aliphatic heterocycles. The highest BCUT2D eigenvalue weighted by Crippen LogP contribution is 2.52. The molecule has 1 aromatic carbocycles. The van der Waals surface area contributed by atoms with Gasteiger partial charge in [-0.15, -0.1) is 0 Å². The van der Waals surface area contributed by atoms with Crippen LogP contribution in [0.1, 0.15) is 73.1 Å². The average Bonchev–Trinajstić information content (AvgIpc) is 3.91. The molecule has 0 radical (unpaired) electrons. The van der Waals surface area contributed by atoms with Gasteiger partial charge in [-0.1, -0.05) is 45.7 Å². The molecule has 4 aliphatic rings. The van der Waals surface area contributed by atoms with Gasteiger partial charge in [-0.3, -0.25) is 9.59 Å². The third-order valence-electron chi connectivity index (χ3n) is 11.0. The van der Waals surface area contributed by atoms with E-state index in [-0.39, 0.29) is 42.5 Å². The van der Waals surface area contributed by atoms with Crippen LogP contribution in [0.25, 0.3) is 10.9 Å². The fourth-order valence-electron chi connectivity index (χ4n) is 7.87. The van der Waals surface area contributed by atoms with Crippen LogP contribution in [0.5, 0.6) is 17.4 Å². The summed E-state index contributed by atoms with van der Waals surface area (Å²) in [5.41, 5.74) is -1.80. The van der Waals surface area contributed by atoms with Gasteiger partial charge in [0.25, 0.3) is 0 Å². The number of carboxylic acids is 1. The van der Waals surface area contributed by atoms with Gasteiger partial charge in [0.15, 0.2) is 0 Å². The van der Waals surface area contributed by atoms with Crippen molar-refractivity contribution in [3.63, 3.8) is 0 Å². The Bertz CT molecular complexity index is 1720. The summed E-state index contributed by atoms with van der Waals surface area (Å²) in [4.78, 5) is 60.1. The van der Waals surface area contributed by atoms with Crippen LogP contribution in [-0.4, -0.2) is 102 Å². The highest BCUT2D eigenvalue weighted by Gasteiger charge is 2.61. The van der Waals surface area contributed by atoms with Crippen molar-refractivity contribution < 1.29 is 48.0 Å². The Kier molecular flexibility index (Phi) is 11.2. The van der Waals surface area contributed by atoms with Crippen LogP contribution in [0.2, 0.25) is 5.02 Å². The Morgan fingerprint density at radius 1 is 1.04 bits per heavy atom. The molecular weight excluding hydrogens is 708 g/mol. The average molecular weight is 759 g/mol. The number of pyridine rings is 1. The normalized spacial score (nSPS) is 27.8. The quantitative estimate of drug-likeness (QED) is 0.209. The number of benzene rings is 1. The van der Waals surface area contributed by atoms with Gasteiger partial charge in [0, 0.05) is 25.0 Å². The second-order valence-electron chi connectivity index (χ2n) is 15.8. The van der Waals surface area contributed by atoms with Crippen LogP contribution in [0.4, 0.5) is 4.79 Å². The number of carbonyl (C=O) groups excluding carboxylic acids is 3. The van der Waals surface area contributed by atoms with Crippen LogP contribution in [0, 0.1) is 23.2 Å². The molecule has 1 saturated heterocycles. The number of carbonyl (C=O) groups is 4. The Balaban J connectivity index is 1.28. The highest BCUT2D eigenvalue weighted by atomic mass is 35.5. The minimum Gasteiger partial charge on any atom is -0.490 e. The standard InChI is InChI=1S/C38H51ClN4O10/c1-7-22-18-38(22,35(46)47)42-33(44)26-16-24(19-43(26)34(45)32(37(3,4)5)41-36(48)53-23-14-20-13-21(20)15-23)52-28-17-29(50-8-2)40-31-25(28)9-10-27(30(31)39)51-12-11-49-6/h9-10,17,20-24,26,32H,7-8,11-16,18-19H2,1-6H3,(H,41,48)(H,42,44)(H,46,47)/t20-,21+,22-,23?,24-,26+,32-,38-/m1/s1. The Morgan fingerprint density at radius 2 is 1.77 bits per heavy atom. The third-order valence-corrected chi connectivity index (χ3v) is 11.3. The molecular formula is C38H51ClN4O10. The molecule has 0 bridgehead atoms. The van der Waals surface area contributed by atoms with E-state index in [4.69, 9.17) is 35.3 Å². The van der Waals surface area contributed by atoms with Gasteiger partial charge in [0.2, 0.25) is 17.7 Å². The third kappa shape index (κ3) is 8.23. The number of hydrogen-bond donors (Lipinski definition) is 3. The molecule has 3 saturated carbocycles. The number of rotatable bonds is 15. The van der Waals surface area contributed by atoms with Gasteiger partial charge in [0.05, 0.1) is 19.8 Å². The molecule has 2 heterocycles. The first-order valence-corrected chi connectivity index (χ1v) is 18.9. The summed E-state index contributed by atoms with van der Waals surface area (Å²) in [6, 6.07) is 2.95.